The van der Waals surface area contributed by atoms with Crippen molar-refractivity contribution in [3.05, 3.63) is 0 Å². The number of nitrogens with zero attached hydrogens (tertiary/aromatic N) is 1. The Morgan fingerprint density at radius 3 is 2.41 bits per heavy atom. The Balaban J connectivity index is 4.06. The van der Waals surface area contributed by atoms with Gasteiger partial charge in [-0.3, -0.25) is 4.79 Å². The summed E-state index contributed by atoms with van der Waals surface area (Å²) in [6, 6.07) is -0.184. The number of esters is 1. The second kappa shape index (κ2) is 9.42. The van der Waals surface area contributed by atoms with Gasteiger partial charge in [-0.15, -0.1) is 0 Å². The molecule has 0 aliphatic heterocycles. The van der Waals surface area contributed by atoms with E-state index in [-0.39, 0.29) is 12.0 Å². The van der Waals surface area contributed by atoms with Crippen LogP contribution in [0.3, 0.4) is 0 Å². The summed E-state index contributed by atoms with van der Waals surface area (Å²) in [5.74, 6) is 0.515. The van der Waals surface area contributed by atoms with Gasteiger partial charge >= 0.3 is 5.97 Å². The van der Waals surface area contributed by atoms with Crippen molar-refractivity contribution in [3.63, 3.8) is 0 Å². The summed E-state index contributed by atoms with van der Waals surface area (Å²) in [7, 11) is 1.81. The minimum absolute atomic E-state index is 0.143. The fourth-order valence-electron chi connectivity index (χ4n) is 1.83. The van der Waals surface area contributed by atoms with Crippen LogP contribution in [0.1, 0.15) is 34.1 Å². The van der Waals surface area contributed by atoms with Crippen LogP contribution >= 0.6 is 0 Å². The Kier molecular flexibility index (Phi) is 9.09. The zero-order valence-corrected chi connectivity index (χ0v) is 12.0. The van der Waals surface area contributed by atoms with Gasteiger partial charge in [0.15, 0.2) is 0 Å². The fraction of sp³-hybridized carbons (Fsp3) is 0.923. The molecule has 4 heteroatoms. The van der Waals surface area contributed by atoms with Crippen LogP contribution in [0.2, 0.25) is 0 Å². The molecule has 0 fully saturated rings. The molecule has 0 aromatic carbocycles. The Morgan fingerprint density at radius 2 is 2.00 bits per heavy atom. The molecule has 0 amide bonds. The normalized spacial score (nSPS) is 13.1. The van der Waals surface area contributed by atoms with E-state index in [2.05, 4.69) is 31.0 Å². The Bertz CT molecular complexity index is 208. The van der Waals surface area contributed by atoms with Crippen molar-refractivity contribution in [2.45, 2.75) is 40.2 Å². The molecular formula is C13H28N2O2. The van der Waals surface area contributed by atoms with E-state index in [0.29, 0.717) is 12.5 Å². The van der Waals surface area contributed by atoms with Crippen molar-refractivity contribution in [2.75, 3.05) is 33.3 Å². The van der Waals surface area contributed by atoms with Crippen molar-refractivity contribution < 1.29 is 9.53 Å². The average molecular weight is 244 g/mol. The first-order chi connectivity index (χ1) is 8.04. The first-order valence-corrected chi connectivity index (χ1v) is 6.61. The number of carbonyl (C=O) groups is 1. The van der Waals surface area contributed by atoms with Crippen LogP contribution in [0, 0.1) is 5.92 Å². The molecule has 0 aliphatic carbocycles. The molecule has 102 valence electrons. The lowest BCUT2D eigenvalue weighted by Crippen LogP contribution is -2.39. The monoisotopic (exact) mass is 244 g/mol. The molecule has 1 unspecified atom stereocenters. The highest BCUT2D eigenvalue weighted by Gasteiger charge is 2.18. The topological polar surface area (TPSA) is 41.6 Å². The van der Waals surface area contributed by atoms with Gasteiger partial charge in [-0.25, -0.2) is 0 Å². The molecule has 0 bridgehead atoms. The van der Waals surface area contributed by atoms with Gasteiger partial charge in [-0.05, 0) is 32.9 Å². The predicted octanol–water partition coefficient (Wildman–Crippen LogP) is 1.51. The van der Waals surface area contributed by atoms with Gasteiger partial charge in [0, 0.05) is 13.1 Å². The summed E-state index contributed by atoms with van der Waals surface area (Å²) in [4.78, 5) is 14.0. The lowest BCUT2D eigenvalue weighted by molar-refractivity contribution is -0.145. The average Bonchev–Trinajstić information content (AvgIpc) is 2.28. The molecule has 1 atom stereocenters. The fourth-order valence-corrected chi connectivity index (χ4v) is 1.83. The van der Waals surface area contributed by atoms with Gasteiger partial charge < -0.3 is 15.0 Å². The maximum absolute atomic E-state index is 11.6. The van der Waals surface area contributed by atoms with Crippen molar-refractivity contribution >= 4 is 5.97 Å². The van der Waals surface area contributed by atoms with E-state index in [1.165, 1.54) is 0 Å². The number of carbonyl (C=O) groups excluding carboxylic acids is 1. The van der Waals surface area contributed by atoms with Gasteiger partial charge in [-0.2, -0.15) is 0 Å². The third-order valence-electron chi connectivity index (χ3n) is 2.72. The maximum Gasteiger partial charge on any atom is 0.323 e. The number of hydrogen-bond acceptors (Lipinski definition) is 4. The Hall–Kier alpha value is -0.610. The molecule has 0 aliphatic rings. The summed E-state index contributed by atoms with van der Waals surface area (Å²) >= 11 is 0. The minimum atomic E-state index is -0.184. The number of hydrogen-bond donors (Lipinski definition) is 1. The van der Waals surface area contributed by atoms with Crippen molar-refractivity contribution in [1.29, 1.82) is 0 Å². The highest BCUT2D eigenvalue weighted by Crippen LogP contribution is 2.02. The standard InChI is InChI=1S/C13H28N2O2/c1-6-15(10-11(3)4)9-8-12(14-5)13(16)17-7-2/h11-12,14H,6-10H2,1-5H3. The van der Waals surface area contributed by atoms with E-state index in [0.717, 1.165) is 26.1 Å². The van der Waals surface area contributed by atoms with E-state index in [9.17, 15) is 4.79 Å². The third kappa shape index (κ3) is 7.34. The summed E-state index contributed by atoms with van der Waals surface area (Å²) < 4.78 is 5.02. The zero-order valence-electron chi connectivity index (χ0n) is 12.0. The number of ether oxygens (including phenoxy) is 1. The number of nitrogens with one attached hydrogen (secondary N) is 1. The largest absolute Gasteiger partial charge is 0.465 e. The number of rotatable bonds is 9. The summed E-state index contributed by atoms with van der Waals surface area (Å²) in [5, 5.41) is 3.02. The van der Waals surface area contributed by atoms with Gasteiger partial charge in [0.1, 0.15) is 6.04 Å². The van der Waals surface area contributed by atoms with Crippen molar-refractivity contribution in [2.24, 2.45) is 5.92 Å². The molecule has 0 rings (SSSR count). The van der Waals surface area contributed by atoms with Crippen LogP contribution in [-0.4, -0.2) is 50.2 Å². The van der Waals surface area contributed by atoms with Gasteiger partial charge in [0.05, 0.1) is 6.61 Å². The molecule has 0 radical (unpaired) electrons. The summed E-state index contributed by atoms with van der Waals surface area (Å²) in [5.41, 5.74) is 0. The van der Waals surface area contributed by atoms with Crippen LogP contribution in [0.15, 0.2) is 0 Å². The second-order valence-electron chi connectivity index (χ2n) is 4.67. The lowest BCUT2D eigenvalue weighted by atomic mass is 10.1. The van der Waals surface area contributed by atoms with Crippen molar-refractivity contribution in [3.8, 4) is 0 Å². The zero-order chi connectivity index (χ0) is 13.3. The van der Waals surface area contributed by atoms with Crippen LogP contribution < -0.4 is 5.32 Å². The van der Waals surface area contributed by atoms with Crippen LogP contribution in [0.5, 0.6) is 0 Å². The molecule has 0 saturated carbocycles. The Labute approximate surface area is 106 Å². The van der Waals surface area contributed by atoms with E-state index in [1.54, 1.807) is 7.05 Å². The van der Waals surface area contributed by atoms with E-state index in [1.807, 2.05) is 6.92 Å². The van der Waals surface area contributed by atoms with Crippen LogP contribution in [0.25, 0.3) is 0 Å². The summed E-state index contributed by atoms with van der Waals surface area (Å²) in [6.07, 6.45) is 0.801. The maximum atomic E-state index is 11.6. The Morgan fingerprint density at radius 1 is 1.35 bits per heavy atom. The van der Waals surface area contributed by atoms with E-state index >= 15 is 0 Å². The molecule has 17 heavy (non-hydrogen) atoms. The minimum Gasteiger partial charge on any atom is -0.465 e. The first-order valence-electron chi connectivity index (χ1n) is 6.61. The first kappa shape index (κ1) is 16.4. The van der Waals surface area contributed by atoms with Gasteiger partial charge in [0.2, 0.25) is 0 Å². The quantitative estimate of drug-likeness (QED) is 0.624. The third-order valence-corrected chi connectivity index (χ3v) is 2.72. The molecule has 0 heterocycles. The smallest absolute Gasteiger partial charge is 0.323 e. The van der Waals surface area contributed by atoms with Crippen LogP contribution in [0.4, 0.5) is 0 Å². The molecule has 0 aromatic heterocycles. The highest BCUT2D eigenvalue weighted by atomic mass is 16.5. The van der Waals surface area contributed by atoms with Crippen molar-refractivity contribution in [1.82, 2.24) is 10.2 Å². The van der Waals surface area contributed by atoms with Gasteiger partial charge in [-0.1, -0.05) is 20.8 Å². The molecule has 4 nitrogen and oxygen atoms in total. The lowest BCUT2D eigenvalue weighted by Gasteiger charge is -2.24. The SMILES string of the molecule is CCOC(=O)C(CCN(CC)CC(C)C)NC. The van der Waals surface area contributed by atoms with E-state index in [4.69, 9.17) is 4.74 Å². The summed E-state index contributed by atoms with van der Waals surface area (Å²) in [6.45, 7) is 11.9. The van der Waals surface area contributed by atoms with Crippen LogP contribution in [-0.2, 0) is 9.53 Å². The molecule has 0 saturated heterocycles. The second-order valence-corrected chi connectivity index (χ2v) is 4.67. The molecule has 0 aromatic rings. The highest BCUT2D eigenvalue weighted by molar-refractivity contribution is 5.75. The van der Waals surface area contributed by atoms with E-state index < -0.39 is 0 Å². The molecular weight excluding hydrogens is 216 g/mol. The van der Waals surface area contributed by atoms with Gasteiger partial charge in [0.25, 0.3) is 0 Å². The molecule has 1 N–H and O–H groups in total. The predicted molar refractivity (Wildman–Crippen MR) is 71.0 cm³/mol. The molecule has 0 spiro atoms. The number of likely N-dealkylation sites (N-methyl/N-ethyl adjacent to an activating group) is 1.